The predicted molar refractivity (Wildman–Crippen MR) is 70.3 cm³/mol. The van der Waals surface area contributed by atoms with Crippen molar-refractivity contribution in [2.45, 2.75) is 38.8 Å². The highest BCUT2D eigenvalue weighted by molar-refractivity contribution is 5.21. The summed E-state index contributed by atoms with van der Waals surface area (Å²) in [5.41, 5.74) is 6.50. The van der Waals surface area contributed by atoms with Gasteiger partial charge in [-0.1, -0.05) is 31.5 Å². The Morgan fingerprint density at radius 2 is 2.00 bits per heavy atom. The van der Waals surface area contributed by atoms with Crippen molar-refractivity contribution in [1.82, 2.24) is 4.90 Å². The van der Waals surface area contributed by atoms with Crippen molar-refractivity contribution in [2.24, 2.45) is 5.73 Å². The molecule has 2 unspecified atom stereocenters. The first-order valence-corrected chi connectivity index (χ1v) is 6.28. The Bertz CT molecular complexity index is 341. The summed E-state index contributed by atoms with van der Waals surface area (Å²) < 4.78 is 13.8. The zero-order chi connectivity index (χ0) is 12.8. The second-order valence-corrected chi connectivity index (χ2v) is 4.58. The molecule has 96 valence electrons. The summed E-state index contributed by atoms with van der Waals surface area (Å²) >= 11 is 0. The molecular weight excluding hydrogens is 215 g/mol. The largest absolute Gasteiger partial charge is 0.329 e. The summed E-state index contributed by atoms with van der Waals surface area (Å²) in [6, 6.07) is 7.26. The molecule has 0 aliphatic carbocycles. The van der Waals surface area contributed by atoms with Crippen LogP contribution in [0.5, 0.6) is 0 Å². The predicted octanol–water partition coefficient (Wildman–Crippen LogP) is 2.95. The molecule has 0 aromatic heterocycles. The van der Waals surface area contributed by atoms with Crippen molar-refractivity contribution in [3.63, 3.8) is 0 Å². The summed E-state index contributed by atoms with van der Waals surface area (Å²) in [5.74, 6) is -0.168. The standard InChI is InChI=1S/C14H23FN2/c1-4-7-11(2)17(3)14(10-16)12-8-5-6-9-13(12)15/h5-6,8-9,11,14H,4,7,10,16H2,1-3H3. The molecule has 0 heterocycles. The topological polar surface area (TPSA) is 29.3 Å². The molecule has 3 heteroatoms. The molecule has 1 aromatic rings. The summed E-state index contributed by atoms with van der Waals surface area (Å²) in [6.45, 7) is 4.75. The lowest BCUT2D eigenvalue weighted by Gasteiger charge is -2.32. The molecule has 0 bridgehead atoms. The van der Waals surface area contributed by atoms with Gasteiger partial charge in [-0.25, -0.2) is 4.39 Å². The fourth-order valence-corrected chi connectivity index (χ4v) is 2.19. The molecular formula is C14H23FN2. The van der Waals surface area contributed by atoms with Gasteiger partial charge in [-0.05, 0) is 26.5 Å². The van der Waals surface area contributed by atoms with Crippen molar-refractivity contribution < 1.29 is 4.39 Å². The molecule has 0 aliphatic heterocycles. The number of rotatable bonds is 6. The molecule has 0 fully saturated rings. The molecule has 1 aromatic carbocycles. The minimum atomic E-state index is -0.168. The zero-order valence-electron chi connectivity index (χ0n) is 11.0. The third-order valence-electron chi connectivity index (χ3n) is 3.38. The monoisotopic (exact) mass is 238 g/mol. The first-order chi connectivity index (χ1) is 8.11. The summed E-state index contributed by atoms with van der Waals surface area (Å²) in [4.78, 5) is 2.17. The molecule has 2 N–H and O–H groups in total. The molecule has 1 rings (SSSR count). The Balaban J connectivity index is 2.88. The molecule has 0 aliphatic rings. The first kappa shape index (κ1) is 14.1. The lowest BCUT2D eigenvalue weighted by Crippen LogP contribution is -2.37. The molecule has 0 radical (unpaired) electrons. The van der Waals surface area contributed by atoms with E-state index in [9.17, 15) is 4.39 Å². The van der Waals surface area contributed by atoms with Crippen molar-refractivity contribution in [2.75, 3.05) is 13.6 Å². The van der Waals surface area contributed by atoms with Gasteiger partial charge < -0.3 is 5.73 Å². The van der Waals surface area contributed by atoms with Crippen LogP contribution in [0, 0.1) is 5.82 Å². The van der Waals surface area contributed by atoms with E-state index in [1.54, 1.807) is 6.07 Å². The smallest absolute Gasteiger partial charge is 0.128 e. The van der Waals surface area contributed by atoms with Crippen LogP contribution in [0.25, 0.3) is 0 Å². The SMILES string of the molecule is CCCC(C)N(C)C(CN)c1ccccc1F. The van der Waals surface area contributed by atoms with Crippen LogP contribution in [0.3, 0.4) is 0 Å². The molecule has 2 atom stereocenters. The van der Waals surface area contributed by atoms with E-state index in [0.29, 0.717) is 18.2 Å². The third kappa shape index (κ3) is 3.51. The first-order valence-electron chi connectivity index (χ1n) is 6.28. The zero-order valence-corrected chi connectivity index (χ0v) is 11.0. The lowest BCUT2D eigenvalue weighted by molar-refractivity contribution is 0.176. The Hall–Kier alpha value is -0.930. The minimum Gasteiger partial charge on any atom is -0.329 e. The highest BCUT2D eigenvalue weighted by Gasteiger charge is 2.21. The van der Waals surface area contributed by atoms with Crippen LogP contribution in [-0.2, 0) is 0 Å². The van der Waals surface area contributed by atoms with Gasteiger partial charge in [-0.15, -0.1) is 0 Å². The van der Waals surface area contributed by atoms with E-state index >= 15 is 0 Å². The van der Waals surface area contributed by atoms with E-state index < -0.39 is 0 Å². The van der Waals surface area contributed by atoms with E-state index in [0.717, 1.165) is 12.8 Å². The van der Waals surface area contributed by atoms with Gasteiger partial charge in [0, 0.05) is 24.2 Å². The van der Waals surface area contributed by atoms with Gasteiger partial charge in [0.25, 0.3) is 0 Å². The van der Waals surface area contributed by atoms with Gasteiger partial charge >= 0.3 is 0 Å². The van der Waals surface area contributed by atoms with Gasteiger partial charge in [0.2, 0.25) is 0 Å². The number of hydrogen-bond donors (Lipinski definition) is 1. The molecule has 17 heavy (non-hydrogen) atoms. The van der Waals surface area contributed by atoms with Crippen LogP contribution in [0.1, 0.15) is 38.3 Å². The highest BCUT2D eigenvalue weighted by atomic mass is 19.1. The number of benzene rings is 1. The Morgan fingerprint density at radius 3 is 2.53 bits per heavy atom. The van der Waals surface area contributed by atoms with Crippen LogP contribution >= 0.6 is 0 Å². The summed E-state index contributed by atoms with van der Waals surface area (Å²) in [6.07, 6.45) is 2.22. The van der Waals surface area contributed by atoms with E-state index in [1.807, 2.05) is 19.2 Å². The third-order valence-corrected chi connectivity index (χ3v) is 3.38. The Kier molecular flexibility index (Phi) is 5.59. The van der Waals surface area contributed by atoms with Gasteiger partial charge in [0.1, 0.15) is 5.82 Å². The second-order valence-electron chi connectivity index (χ2n) is 4.58. The van der Waals surface area contributed by atoms with E-state index in [1.165, 1.54) is 6.07 Å². The molecule has 0 spiro atoms. The number of halogens is 1. The Labute approximate surface area is 104 Å². The maximum atomic E-state index is 13.8. The van der Waals surface area contributed by atoms with Gasteiger partial charge in [0.15, 0.2) is 0 Å². The Morgan fingerprint density at radius 1 is 1.35 bits per heavy atom. The van der Waals surface area contributed by atoms with E-state index in [2.05, 4.69) is 18.7 Å². The fourth-order valence-electron chi connectivity index (χ4n) is 2.19. The highest BCUT2D eigenvalue weighted by Crippen LogP contribution is 2.24. The fraction of sp³-hybridized carbons (Fsp3) is 0.571. The average molecular weight is 238 g/mol. The van der Waals surface area contributed by atoms with Gasteiger partial charge in [0.05, 0.1) is 0 Å². The van der Waals surface area contributed by atoms with E-state index in [4.69, 9.17) is 5.73 Å². The maximum absolute atomic E-state index is 13.8. The number of likely N-dealkylation sites (N-methyl/N-ethyl adjacent to an activating group) is 1. The second kappa shape index (κ2) is 6.72. The van der Waals surface area contributed by atoms with Crippen LogP contribution in [0.4, 0.5) is 4.39 Å². The molecule has 0 saturated heterocycles. The maximum Gasteiger partial charge on any atom is 0.128 e. The lowest BCUT2D eigenvalue weighted by atomic mass is 10.0. The van der Waals surface area contributed by atoms with Crippen LogP contribution < -0.4 is 5.73 Å². The molecule has 0 amide bonds. The van der Waals surface area contributed by atoms with Crippen molar-refractivity contribution in [3.05, 3.63) is 35.6 Å². The van der Waals surface area contributed by atoms with Gasteiger partial charge in [-0.2, -0.15) is 0 Å². The molecule has 2 nitrogen and oxygen atoms in total. The van der Waals surface area contributed by atoms with E-state index in [-0.39, 0.29) is 11.9 Å². The summed E-state index contributed by atoms with van der Waals surface area (Å²) in [7, 11) is 2.02. The average Bonchev–Trinajstić information content (AvgIpc) is 2.32. The number of hydrogen-bond acceptors (Lipinski definition) is 2. The van der Waals surface area contributed by atoms with Crippen LogP contribution in [-0.4, -0.2) is 24.5 Å². The molecule has 0 saturated carbocycles. The summed E-state index contributed by atoms with van der Waals surface area (Å²) in [5, 5.41) is 0. The number of nitrogens with zero attached hydrogens (tertiary/aromatic N) is 1. The van der Waals surface area contributed by atoms with Crippen LogP contribution in [0.15, 0.2) is 24.3 Å². The number of nitrogens with two attached hydrogens (primary N) is 1. The quantitative estimate of drug-likeness (QED) is 0.825. The van der Waals surface area contributed by atoms with Crippen LogP contribution in [0.2, 0.25) is 0 Å². The van der Waals surface area contributed by atoms with Gasteiger partial charge in [-0.3, -0.25) is 4.90 Å². The van der Waals surface area contributed by atoms with Crippen molar-refractivity contribution in [1.29, 1.82) is 0 Å². The van der Waals surface area contributed by atoms with Crippen molar-refractivity contribution >= 4 is 0 Å². The minimum absolute atomic E-state index is 0.0438. The van der Waals surface area contributed by atoms with Crippen molar-refractivity contribution in [3.8, 4) is 0 Å². The normalized spacial score (nSPS) is 14.9.